The summed E-state index contributed by atoms with van der Waals surface area (Å²) in [4.78, 5) is 28.5. The maximum atomic E-state index is 12.4. The first-order valence-corrected chi connectivity index (χ1v) is 8.22. The number of ether oxygens (including phenoxy) is 1. The van der Waals surface area contributed by atoms with Crippen molar-refractivity contribution in [2.45, 2.75) is 33.2 Å². The van der Waals surface area contributed by atoms with E-state index >= 15 is 0 Å². The third-order valence-corrected chi connectivity index (χ3v) is 4.86. The van der Waals surface area contributed by atoms with E-state index in [0.29, 0.717) is 11.3 Å². The van der Waals surface area contributed by atoms with Crippen LogP contribution in [-0.4, -0.2) is 28.6 Å². The molecule has 2 aromatic rings. The number of thiazole rings is 1. The summed E-state index contributed by atoms with van der Waals surface area (Å²) in [7, 11) is 0. The molecule has 128 valence electrons. The van der Waals surface area contributed by atoms with E-state index < -0.39 is 18.1 Å². The zero-order valence-electron chi connectivity index (χ0n) is 14.0. The lowest BCUT2D eigenvalue weighted by Crippen LogP contribution is -2.40. The maximum Gasteiger partial charge on any atom is 0.341 e. The molecule has 0 saturated heterocycles. The van der Waals surface area contributed by atoms with E-state index in [4.69, 9.17) is 9.84 Å². The zero-order valence-corrected chi connectivity index (χ0v) is 14.9. The first-order chi connectivity index (χ1) is 11.2. The van der Waals surface area contributed by atoms with Gasteiger partial charge in [-0.05, 0) is 52.0 Å². The topological polar surface area (TPSA) is 88.5 Å². The number of aliphatic carboxylic acids is 1. The predicted molar refractivity (Wildman–Crippen MR) is 91.7 cm³/mol. The van der Waals surface area contributed by atoms with Crippen molar-refractivity contribution in [3.05, 3.63) is 45.4 Å². The lowest BCUT2D eigenvalue weighted by atomic mass is 10.1. The molecule has 0 unspecified atom stereocenters. The smallest absolute Gasteiger partial charge is 0.341 e. The molecule has 0 saturated carbocycles. The molecule has 1 amide bonds. The summed E-state index contributed by atoms with van der Waals surface area (Å²) < 4.78 is 5.05. The summed E-state index contributed by atoms with van der Waals surface area (Å²) in [5, 5.41) is 12.4. The Hall–Kier alpha value is -2.41. The summed E-state index contributed by atoms with van der Waals surface area (Å²) in [6, 6.07) is 6.34. The fourth-order valence-electron chi connectivity index (χ4n) is 2.00. The quantitative estimate of drug-likeness (QED) is 0.838. The van der Waals surface area contributed by atoms with Gasteiger partial charge in [0.1, 0.15) is 10.8 Å². The number of hydrogen-bond acceptors (Lipinski definition) is 5. The van der Waals surface area contributed by atoms with E-state index in [1.54, 1.807) is 35.6 Å². The van der Waals surface area contributed by atoms with Gasteiger partial charge in [-0.25, -0.2) is 9.78 Å². The molecule has 7 heteroatoms. The van der Waals surface area contributed by atoms with Crippen molar-refractivity contribution in [3.63, 3.8) is 0 Å². The van der Waals surface area contributed by atoms with E-state index in [1.807, 2.05) is 27.7 Å². The van der Waals surface area contributed by atoms with Crippen LogP contribution in [0.3, 0.4) is 0 Å². The number of aryl methyl sites for hydroxylation is 2. The van der Waals surface area contributed by atoms with Crippen molar-refractivity contribution in [1.29, 1.82) is 0 Å². The molecule has 0 fully saturated rings. The van der Waals surface area contributed by atoms with Crippen molar-refractivity contribution in [2.24, 2.45) is 0 Å². The lowest BCUT2D eigenvalue weighted by molar-refractivity contribution is -0.139. The van der Waals surface area contributed by atoms with E-state index in [0.717, 1.165) is 15.6 Å². The van der Waals surface area contributed by atoms with Gasteiger partial charge in [-0.15, -0.1) is 11.3 Å². The van der Waals surface area contributed by atoms with Crippen LogP contribution in [0.15, 0.2) is 24.3 Å². The Labute approximate surface area is 144 Å². The van der Waals surface area contributed by atoms with E-state index in [2.05, 4.69) is 10.3 Å². The molecule has 0 aliphatic heterocycles. The van der Waals surface area contributed by atoms with Gasteiger partial charge >= 0.3 is 5.97 Å². The van der Waals surface area contributed by atoms with Crippen LogP contribution in [0.2, 0.25) is 0 Å². The first-order valence-electron chi connectivity index (χ1n) is 7.41. The van der Waals surface area contributed by atoms with Crippen LogP contribution in [0.5, 0.6) is 5.75 Å². The molecule has 1 aromatic heterocycles. The van der Waals surface area contributed by atoms with Crippen LogP contribution in [0, 0.1) is 13.8 Å². The normalized spacial score (nSPS) is 11.2. The van der Waals surface area contributed by atoms with Crippen molar-refractivity contribution in [2.75, 3.05) is 6.61 Å². The van der Waals surface area contributed by atoms with Gasteiger partial charge in [-0.3, -0.25) is 4.79 Å². The summed E-state index contributed by atoms with van der Waals surface area (Å²) >= 11 is 1.57. The van der Waals surface area contributed by atoms with Crippen LogP contribution < -0.4 is 10.1 Å². The number of amides is 1. The number of benzene rings is 1. The highest BCUT2D eigenvalue weighted by Crippen LogP contribution is 2.27. The van der Waals surface area contributed by atoms with Gasteiger partial charge in [0.05, 0.1) is 11.2 Å². The average molecular weight is 348 g/mol. The maximum absolute atomic E-state index is 12.4. The minimum absolute atomic E-state index is 0.227. The molecule has 2 rings (SSSR count). The van der Waals surface area contributed by atoms with Gasteiger partial charge in [0.15, 0.2) is 6.61 Å². The summed E-state index contributed by atoms with van der Waals surface area (Å²) in [6.07, 6.45) is 0. The molecule has 0 aliphatic carbocycles. The summed E-state index contributed by atoms with van der Waals surface area (Å²) in [5.74, 6) is -0.873. The molecule has 0 atom stereocenters. The second-order valence-electron chi connectivity index (χ2n) is 5.95. The second kappa shape index (κ2) is 7.00. The van der Waals surface area contributed by atoms with Gasteiger partial charge in [0, 0.05) is 10.4 Å². The minimum Gasteiger partial charge on any atom is -0.482 e. The second-order valence-corrected chi connectivity index (χ2v) is 7.15. The third kappa shape index (κ3) is 4.32. The van der Waals surface area contributed by atoms with Gasteiger partial charge in [-0.2, -0.15) is 0 Å². The van der Waals surface area contributed by atoms with Crippen LogP contribution in [0.1, 0.15) is 39.8 Å². The molecule has 24 heavy (non-hydrogen) atoms. The SMILES string of the molecule is Cc1nc(C(C)(C)NC(=O)c2ccc(OCC(=O)O)cc2)sc1C. The van der Waals surface area contributed by atoms with E-state index in [-0.39, 0.29) is 5.91 Å². The number of carbonyl (C=O) groups is 2. The molecule has 6 nitrogen and oxygen atoms in total. The van der Waals surface area contributed by atoms with Crippen LogP contribution in [-0.2, 0) is 10.3 Å². The van der Waals surface area contributed by atoms with Crippen molar-refractivity contribution in [3.8, 4) is 5.75 Å². The number of rotatable bonds is 6. The minimum atomic E-state index is -1.05. The highest BCUT2D eigenvalue weighted by atomic mass is 32.1. The Morgan fingerprint density at radius 3 is 2.38 bits per heavy atom. The fraction of sp³-hybridized carbons (Fsp3) is 0.353. The van der Waals surface area contributed by atoms with Gasteiger partial charge in [0.2, 0.25) is 0 Å². The Bertz CT molecular complexity index is 731. The molecule has 0 radical (unpaired) electrons. The zero-order chi connectivity index (χ0) is 17.9. The van der Waals surface area contributed by atoms with Crippen LogP contribution in [0.25, 0.3) is 0 Å². The number of aromatic nitrogens is 1. The fourth-order valence-corrected chi connectivity index (χ4v) is 2.97. The Morgan fingerprint density at radius 2 is 1.88 bits per heavy atom. The molecule has 0 aliphatic rings. The van der Waals surface area contributed by atoms with E-state index in [1.165, 1.54) is 0 Å². The Morgan fingerprint density at radius 1 is 1.25 bits per heavy atom. The molecule has 1 aromatic carbocycles. The molecule has 0 spiro atoms. The number of nitrogens with one attached hydrogen (secondary N) is 1. The Kier molecular flexibility index (Phi) is 5.23. The lowest BCUT2D eigenvalue weighted by Gasteiger charge is -2.24. The number of carbonyl (C=O) groups excluding carboxylic acids is 1. The largest absolute Gasteiger partial charge is 0.482 e. The molecular weight excluding hydrogens is 328 g/mol. The third-order valence-electron chi connectivity index (χ3n) is 3.47. The highest BCUT2D eigenvalue weighted by Gasteiger charge is 2.27. The first kappa shape index (κ1) is 17.9. The van der Waals surface area contributed by atoms with Crippen LogP contribution >= 0.6 is 11.3 Å². The van der Waals surface area contributed by atoms with Crippen molar-refractivity contribution < 1.29 is 19.4 Å². The van der Waals surface area contributed by atoms with Gasteiger partial charge in [-0.1, -0.05) is 0 Å². The molecular formula is C17H20N2O4S. The number of hydrogen-bond donors (Lipinski definition) is 2. The standard InChI is InChI=1S/C17H20N2O4S/c1-10-11(2)24-16(18-10)17(3,4)19-15(22)12-5-7-13(8-6-12)23-9-14(20)21/h5-8H,9H2,1-4H3,(H,19,22)(H,20,21). The Balaban J connectivity index is 2.07. The van der Waals surface area contributed by atoms with Gasteiger partial charge < -0.3 is 15.2 Å². The average Bonchev–Trinajstić information content (AvgIpc) is 2.85. The number of nitrogens with zero attached hydrogens (tertiary/aromatic N) is 1. The molecule has 0 bridgehead atoms. The summed E-state index contributed by atoms with van der Waals surface area (Å²) in [6.45, 7) is 7.36. The number of carboxylic acids is 1. The monoisotopic (exact) mass is 348 g/mol. The molecule has 2 N–H and O–H groups in total. The van der Waals surface area contributed by atoms with Crippen LogP contribution in [0.4, 0.5) is 0 Å². The predicted octanol–water partition coefficient (Wildman–Crippen LogP) is 2.89. The van der Waals surface area contributed by atoms with Crippen molar-refractivity contribution in [1.82, 2.24) is 10.3 Å². The van der Waals surface area contributed by atoms with Crippen molar-refractivity contribution >= 4 is 23.2 Å². The van der Waals surface area contributed by atoms with Gasteiger partial charge in [0.25, 0.3) is 5.91 Å². The summed E-state index contributed by atoms with van der Waals surface area (Å²) in [5.41, 5.74) is 0.854. The van der Waals surface area contributed by atoms with E-state index in [9.17, 15) is 9.59 Å². The molecule has 1 heterocycles. The highest BCUT2D eigenvalue weighted by molar-refractivity contribution is 7.11. The number of carboxylic acid groups (broad SMARTS) is 1.